The molecule has 0 bridgehead atoms. The van der Waals surface area contributed by atoms with Gasteiger partial charge in [0.05, 0.1) is 21.8 Å². The van der Waals surface area contributed by atoms with E-state index in [1.54, 1.807) is 23.1 Å². The van der Waals surface area contributed by atoms with Crippen molar-refractivity contribution < 1.29 is 9.59 Å². The van der Waals surface area contributed by atoms with Crippen LogP contribution in [0, 0.1) is 0 Å². The average Bonchev–Trinajstić information content (AvgIpc) is 2.75. The lowest BCUT2D eigenvalue weighted by Gasteiger charge is -2.32. The Hall–Kier alpha value is -1.46. The second-order valence-corrected chi connectivity index (χ2v) is 7.06. The zero-order valence-corrected chi connectivity index (χ0v) is 14.3. The van der Waals surface area contributed by atoms with Crippen LogP contribution in [0.1, 0.15) is 27.2 Å². The predicted molar refractivity (Wildman–Crippen MR) is 88.5 cm³/mol. The van der Waals surface area contributed by atoms with E-state index in [1.165, 1.54) is 0 Å². The van der Waals surface area contributed by atoms with E-state index in [4.69, 9.17) is 23.2 Å². The van der Waals surface area contributed by atoms with Crippen molar-refractivity contribution in [1.29, 1.82) is 0 Å². The van der Waals surface area contributed by atoms with Crippen molar-refractivity contribution in [3.8, 4) is 0 Å². The first-order valence-electron chi connectivity index (χ1n) is 7.00. The van der Waals surface area contributed by atoms with Crippen molar-refractivity contribution in [2.75, 3.05) is 11.9 Å². The second kappa shape index (κ2) is 6.34. The number of benzene rings is 1. The van der Waals surface area contributed by atoms with Crippen LogP contribution in [0.4, 0.5) is 10.5 Å². The maximum Gasteiger partial charge on any atom is 0.319 e. The van der Waals surface area contributed by atoms with Crippen LogP contribution in [0.3, 0.4) is 0 Å². The van der Waals surface area contributed by atoms with Crippen LogP contribution < -0.4 is 10.6 Å². The lowest BCUT2D eigenvalue weighted by atomic mass is 10.1. The molecule has 5 nitrogen and oxygen atoms in total. The minimum Gasteiger partial charge on any atom is -0.336 e. The van der Waals surface area contributed by atoms with Crippen molar-refractivity contribution in [1.82, 2.24) is 10.2 Å². The fraction of sp³-hybridized carbons (Fsp3) is 0.467. The molecule has 0 spiro atoms. The molecule has 2 N–H and O–H groups in total. The first-order valence-corrected chi connectivity index (χ1v) is 7.76. The van der Waals surface area contributed by atoms with Gasteiger partial charge in [0.25, 0.3) is 0 Å². The van der Waals surface area contributed by atoms with Crippen LogP contribution in [-0.2, 0) is 4.79 Å². The van der Waals surface area contributed by atoms with Gasteiger partial charge < -0.3 is 15.5 Å². The Kier molecular flexibility index (Phi) is 4.87. The number of carbonyl (C=O) groups is 2. The van der Waals surface area contributed by atoms with Gasteiger partial charge in [-0.2, -0.15) is 0 Å². The zero-order chi connectivity index (χ0) is 16.5. The number of nitrogens with zero attached hydrogens (tertiary/aromatic N) is 1. The summed E-state index contributed by atoms with van der Waals surface area (Å²) in [5.74, 6) is 0.0404. The third kappa shape index (κ3) is 3.84. The van der Waals surface area contributed by atoms with E-state index in [0.29, 0.717) is 23.7 Å². The van der Waals surface area contributed by atoms with Crippen molar-refractivity contribution >= 4 is 40.8 Å². The predicted octanol–water partition coefficient (Wildman–Crippen LogP) is 3.51. The van der Waals surface area contributed by atoms with Crippen LogP contribution >= 0.6 is 23.2 Å². The Balaban J connectivity index is 1.96. The second-order valence-electron chi connectivity index (χ2n) is 6.28. The number of halogens is 2. The highest BCUT2D eigenvalue weighted by Gasteiger charge is 2.36. The van der Waals surface area contributed by atoms with E-state index in [-0.39, 0.29) is 22.5 Å². The summed E-state index contributed by atoms with van der Waals surface area (Å²) in [6.07, 6.45) is 0.300. The van der Waals surface area contributed by atoms with E-state index in [1.807, 2.05) is 20.8 Å². The standard InChI is InChI=1S/C15H19Cl2N3O2/c1-15(2,3)20-8-9(7-12(20)21)18-14(22)19-11-6-4-5-10(16)13(11)17/h4-6,9H,7-8H2,1-3H3,(H2,18,19,22). The quantitative estimate of drug-likeness (QED) is 0.862. The summed E-state index contributed by atoms with van der Waals surface area (Å²) in [6.45, 7) is 6.41. The summed E-state index contributed by atoms with van der Waals surface area (Å²) in [5, 5.41) is 6.10. The zero-order valence-electron chi connectivity index (χ0n) is 12.7. The molecule has 2 rings (SSSR count). The Labute approximate surface area is 139 Å². The Morgan fingerprint density at radius 3 is 2.59 bits per heavy atom. The molecule has 1 unspecified atom stereocenters. The number of rotatable bonds is 2. The lowest BCUT2D eigenvalue weighted by Crippen LogP contribution is -2.45. The fourth-order valence-electron chi connectivity index (χ4n) is 2.40. The van der Waals surface area contributed by atoms with E-state index in [2.05, 4.69) is 10.6 Å². The molecule has 1 aromatic rings. The van der Waals surface area contributed by atoms with E-state index in [9.17, 15) is 9.59 Å². The van der Waals surface area contributed by atoms with Gasteiger partial charge in [0.1, 0.15) is 0 Å². The maximum absolute atomic E-state index is 12.0. The van der Waals surface area contributed by atoms with E-state index < -0.39 is 6.03 Å². The molecule has 3 amide bonds. The van der Waals surface area contributed by atoms with Gasteiger partial charge in [-0.25, -0.2) is 4.79 Å². The Bertz CT molecular complexity index is 599. The number of hydrogen-bond acceptors (Lipinski definition) is 2. The maximum atomic E-state index is 12.0. The Morgan fingerprint density at radius 1 is 1.32 bits per heavy atom. The number of nitrogens with one attached hydrogen (secondary N) is 2. The molecular weight excluding hydrogens is 325 g/mol. The largest absolute Gasteiger partial charge is 0.336 e. The van der Waals surface area contributed by atoms with Crippen molar-refractivity contribution in [2.45, 2.75) is 38.8 Å². The smallest absolute Gasteiger partial charge is 0.319 e. The van der Waals surface area contributed by atoms with Crippen molar-refractivity contribution in [3.63, 3.8) is 0 Å². The first kappa shape index (κ1) is 16.9. The number of likely N-dealkylation sites (tertiary alicyclic amines) is 1. The molecule has 22 heavy (non-hydrogen) atoms. The number of anilines is 1. The highest BCUT2D eigenvalue weighted by Crippen LogP contribution is 2.29. The molecular formula is C15H19Cl2N3O2. The highest BCUT2D eigenvalue weighted by molar-refractivity contribution is 6.43. The summed E-state index contributed by atoms with van der Waals surface area (Å²) in [4.78, 5) is 25.8. The number of hydrogen-bond donors (Lipinski definition) is 2. The summed E-state index contributed by atoms with van der Waals surface area (Å²) < 4.78 is 0. The molecule has 0 radical (unpaired) electrons. The number of carbonyl (C=O) groups excluding carboxylic acids is 2. The molecule has 7 heteroatoms. The third-order valence-electron chi connectivity index (χ3n) is 3.47. The van der Waals surface area contributed by atoms with Crippen LogP contribution in [0.5, 0.6) is 0 Å². The van der Waals surface area contributed by atoms with Gasteiger partial charge in [0, 0.05) is 18.5 Å². The van der Waals surface area contributed by atoms with Gasteiger partial charge in [-0.15, -0.1) is 0 Å². The molecule has 1 fully saturated rings. The molecule has 1 heterocycles. The highest BCUT2D eigenvalue weighted by atomic mass is 35.5. The van der Waals surface area contributed by atoms with Crippen LogP contribution in [0.2, 0.25) is 10.0 Å². The monoisotopic (exact) mass is 343 g/mol. The number of amides is 3. The van der Waals surface area contributed by atoms with Gasteiger partial charge in [-0.05, 0) is 32.9 Å². The van der Waals surface area contributed by atoms with E-state index in [0.717, 1.165) is 0 Å². The first-order chi connectivity index (χ1) is 10.2. The van der Waals surface area contributed by atoms with Crippen LogP contribution in [0.25, 0.3) is 0 Å². The molecule has 1 saturated heterocycles. The SMILES string of the molecule is CC(C)(C)N1CC(NC(=O)Nc2cccc(Cl)c2Cl)CC1=O. The van der Waals surface area contributed by atoms with Gasteiger partial charge in [-0.1, -0.05) is 29.3 Å². The average molecular weight is 344 g/mol. The summed E-state index contributed by atoms with van der Waals surface area (Å²) >= 11 is 11.9. The van der Waals surface area contributed by atoms with Gasteiger partial charge in [0.15, 0.2) is 0 Å². The summed E-state index contributed by atoms with van der Waals surface area (Å²) in [6, 6.07) is 4.38. The van der Waals surface area contributed by atoms with Crippen LogP contribution in [-0.4, -0.2) is 35.0 Å². The topological polar surface area (TPSA) is 61.4 Å². The molecule has 1 aliphatic rings. The molecule has 1 aliphatic heterocycles. The van der Waals surface area contributed by atoms with Crippen molar-refractivity contribution in [2.24, 2.45) is 0 Å². The molecule has 1 atom stereocenters. The molecule has 0 aliphatic carbocycles. The fourth-order valence-corrected chi connectivity index (χ4v) is 2.74. The van der Waals surface area contributed by atoms with Crippen LogP contribution in [0.15, 0.2) is 18.2 Å². The lowest BCUT2D eigenvalue weighted by molar-refractivity contribution is -0.131. The normalized spacial score (nSPS) is 18.5. The third-order valence-corrected chi connectivity index (χ3v) is 4.29. The van der Waals surface area contributed by atoms with E-state index >= 15 is 0 Å². The number of urea groups is 1. The minimum absolute atomic E-state index is 0.0404. The minimum atomic E-state index is -0.405. The van der Waals surface area contributed by atoms with Crippen molar-refractivity contribution in [3.05, 3.63) is 28.2 Å². The van der Waals surface area contributed by atoms with Gasteiger partial charge >= 0.3 is 6.03 Å². The molecule has 120 valence electrons. The molecule has 1 aromatic carbocycles. The van der Waals surface area contributed by atoms with Gasteiger partial charge in [0.2, 0.25) is 5.91 Å². The molecule has 0 aromatic heterocycles. The molecule has 0 saturated carbocycles. The Morgan fingerprint density at radius 2 is 2.00 bits per heavy atom. The summed E-state index contributed by atoms with van der Waals surface area (Å²) in [5.41, 5.74) is 0.184. The van der Waals surface area contributed by atoms with Gasteiger partial charge in [-0.3, -0.25) is 4.79 Å². The summed E-state index contributed by atoms with van der Waals surface area (Å²) in [7, 11) is 0.